The van der Waals surface area contributed by atoms with Crippen molar-refractivity contribution in [3.8, 4) is 17.0 Å². The van der Waals surface area contributed by atoms with E-state index in [4.69, 9.17) is 19.9 Å². The van der Waals surface area contributed by atoms with E-state index >= 15 is 0 Å². The lowest BCUT2D eigenvalue weighted by molar-refractivity contribution is 0.104. The molecule has 26 heavy (non-hydrogen) atoms. The SMILES string of the molecule is NCCOCCOc1c(-c2csc(N3CCOCC3)n2)ccc(F)c1F. The smallest absolute Gasteiger partial charge is 0.201 e. The molecule has 9 heteroatoms. The van der Waals surface area contributed by atoms with Gasteiger partial charge in [-0.05, 0) is 12.1 Å². The van der Waals surface area contributed by atoms with Crippen molar-refractivity contribution in [1.82, 2.24) is 4.98 Å². The van der Waals surface area contributed by atoms with Crippen LogP contribution in [0, 0.1) is 11.6 Å². The second-order valence-corrected chi connectivity index (χ2v) is 6.44. The Morgan fingerprint density at radius 3 is 2.77 bits per heavy atom. The first-order chi connectivity index (χ1) is 12.7. The third-order valence-electron chi connectivity index (χ3n) is 3.84. The fraction of sp³-hybridized carbons (Fsp3) is 0.471. The molecule has 142 valence electrons. The minimum Gasteiger partial charge on any atom is -0.487 e. The number of hydrogen-bond donors (Lipinski definition) is 1. The third kappa shape index (κ3) is 4.47. The monoisotopic (exact) mass is 385 g/mol. The Bertz CT molecular complexity index is 723. The first-order valence-electron chi connectivity index (χ1n) is 8.38. The van der Waals surface area contributed by atoms with E-state index in [0.29, 0.717) is 37.6 Å². The summed E-state index contributed by atoms with van der Waals surface area (Å²) in [5.41, 5.74) is 6.30. The van der Waals surface area contributed by atoms with Gasteiger partial charge in [-0.3, -0.25) is 0 Å². The number of hydrogen-bond acceptors (Lipinski definition) is 7. The number of nitrogens with two attached hydrogens (primary N) is 1. The first kappa shape index (κ1) is 19.0. The zero-order chi connectivity index (χ0) is 18.4. The van der Waals surface area contributed by atoms with Gasteiger partial charge in [0.25, 0.3) is 0 Å². The highest BCUT2D eigenvalue weighted by Gasteiger charge is 2.20. The van der Waals surface area contributed by atoms with Crippen LogP contribution in [0.5, 0.6) is 5.75 Å². The van der Waals surface area contributed by atoms with Crippen molar-refractivity contribution in [3.63, 3.8) is 0 Å². The molecule has 1 saturated heterocycles. The van der Waals surface area contributed by atoms with Crippen LogP contribution < -0.4 is 15.4 Å². The van der Waals surface area contributed by atoms with Crippen LogP contribution in [-0.2, 0) is 9.47 Å². The van der Waals surface area contributed by atoms with Gasteiger partial charge in [-0.1, -0.05) is 0 Å². The highest BCUT2D eigenvalue weighted by Crippen LogP contribution is 2.36. The molecule has 0 unspecified atom stereocenters. The molecule has 2 heterocycles. The standard InChI is InChI=1S/C17H21F2N3O3S/c18-13-2-1-12(16(15(13)19)25-10-9-23-6-3-20)14-11-26-17(21-14)22-4-7-24-8-5-22/h1-2,11H,3-10,20H2. The second-order valence-electron chi connectivity index (χ2n) is 5.60. The molecule has 0 spiro atoms. The van der Waals surface area contributed by atoms with Crippen molar-refractivity contribution in [3.05, 3.63) is 29.1 Å². The summed E-state index contributed by atoms with van der Waals surface area (Å²) in [5.74, 6) is -2.14. The van der Waals surface area contributed by atoms with E-state index in [2.05, 4.69) is 9.88 Å². The number of halogens is 2. The number of benzene rings is 1. The van der Waals surface area contributed by atoms with Crippen molar-refractivity contribution < 1.29 is 23.0 Å². The Morgan fingerprint density at radius 2 is 2.00 bits per heavy atom. The van der Waals surface area contributed by atoms with E-state index in [1.54, 1.807) is 0 Å². The van der Waals surface area contributed by atoms with Gasteiger partial charge in [-0.2, -0.15) is 4.39 Å². The van der Waals surface area contributed by atoms with Gasteiger partial charge >= 0.3 is 0 Å². The van der Waals surface area contributed by atoms with Crippen LogP contribution >= 0.6 is 11.3 Å². The van der Waals surface area contributed by atoms with Gasteiger partial charge < -0.3 is 24.8 Å². The van der Waals surface area contributed by atoms with Crippen LogP contribution in [0.4, 0.5) is 13.9 Å². The molecular weight excluding hydrogens is 364 g/mol. The third-order valence-corrected chi connectivity index (χ3v) is 4.74. The molecule has 1 aromatic carbocycles. The molecule has 1 aliphatic rings. The minimum absolute atomic E-state index is 0.0911. The summed E-state index contributed by atoms with van der Waals surface area (Å²) in [6.45, 7) is 3.92. The van der Waals surface area contributed by atoms with Crippen LogP contribution in [-0.4, -0.2) is 57.7 Å². The lowest BCUT2D eigenvalue weighted by Gasteiger charge is -2.26. The second kappa shape index (κ2) is 9.22. The predicted molar refractivity (Wildman–Crippen MR) is 95.9 cm³/mol. The molecule has 6 nitrogen and oxygen atoms in total. The maximum Gasteiger partial charge on any atom is 0.201 e. The summed E-state index contributed by atoms with van der Waals surface area (Å²) >= 11 is 1.45. The van der Waals surface area contributed by atoms with Crippen LogP contribution in [0.2, 0.25) is 0 Å². The average Bonchev–Trinajstić information content (AvgIpc) is 3.15. The zero-order valence-electron chi connectivity index (χ0n) is 14.2. The molecule has 0 bridgehead atoms. The Kier molecular flexibility index (Phi) is 6.73. The maximum absolute atomic E-state index is 14.3. The molecule has 1 fully saturated rings. The van der Waals surface area contributed by atoms with Crippen molar-refractivity contribution in [1.29, 1.82) is 0 Å². The quantitative estimate of drug-likeness (QED) is 0.703. The van der Waals surface area contributed by atoms with E-state index in [9.17, 15) is 8.78 Å². The molecule has 0 aliphatic carbocycles. The van der Waals surface area contributed by atoms with E-state index in [1.807, 2.05) is 5.38 Å². The van der Waals surface area contributed by atoms with Crippen molar-refractivity contribution in [2.24, 2.45) is 5.73 Å². The molecule has 3 rings (SSSR count). The van der Waals surface area contributed by atoms with E-state index in [0.717, 1.165) is 24.3 Å². The molecule has 1 aromatic heterocycles. The summed E-state index contributed by atoms with van der Waals surface area (Å²) in [6.07, 6.45) is 0. The predicted octanol–water partition coefficient (Wildman–Crippen LogP) is 2.28. The fourth-order valence-electron chi connectivity index (χ4n) is 2.55. The molecule has 0 amide bonds. The Labute approximate surface area is 154 Å². The van der Waals surface area contributed by atoms with Crippen molar-refractivity contribution >= 4 is 16.5 Å². The van der Waals surface area contributed by atoms with Gasteiger partial charge in [-0.15, -0.1) is 11.3 Å². The average molecular weight is 385 g/mol. The summed E-state index contributed by atoms with van der Waals surface area (Å²) in [5, 5.41) is 2.64. The highest BCUT2D eigenvalue weighted by molar-refractivity contribution is 7.14. The van der Waals surface area contributed by atoms with Crippen LogP contribution in [0.15, 0.2) is 17.5 Å². The molecular formula is C17H21F2N3O3S. The van der Waals surface area contributed by atoms with Crippen LogP contribution in [0.3, 0.4) is 0 Å². The molecule has 1 aliphatic heterocycles. The summed E-state index contributed by atoms with van der Waals surface area (Å²) in [4.78, 5) is 6.68. The number of nitrogens with zero attached hydrogens (tertiary/aromatic N) is 2. The van der Waals surface area contributed by atoms with Gasteiger partial charge in [0.05, 0.1) is 32.1 Å². The summed E-state index contributed by atoms with van der Waals surface area (Å²) in [6, 6.07) is 2.56. The molecule has 0 saturated carbocycles. The summed E-state index contributed by atoms with van der Waals surface area (Å²) < 4.78 is 43.9. The van der Waals surface area contributed by atoms with E-state index in [-0.39, 0.29) is 19.0 Å². The molecule has 0 radical (unpaired) electrons. The number of thiazole rings is 1. The van der Waals surface area contributed by atoms with E-state index in [1.165, 1.54) is 17.4 Å². The van der Waals surface area contributed by atoms with Crippen LogP contribution in [0.1, 0.15) is 0 Å². The zero-order valence-corrected chi connectivity index (χ0v) is 15.1. The largest absolute Gasteiger partial charge is 0.487 e. The van der Waals surface area contributed by atoms with E-state index < -0.39 is 11.6 Å². The molecule has 2 N–H and O–H groups in total. The van der Waals surface area contributed by atoms with Gasteiger partial charge in [0.2, 0.25) is 5.82 Å². The van der Waals surface area contributed by atoms with Gasteiger partial charge in [-0.25, -0.2) is 9.37 Å². The topological polar surface area (TPSA) is 69.8 Å². The van der Waals surface area contributed by atoms with Gasteiger partial charge in [0.1, 0.15) is 6.61 Å². The van der Waals surface area contributed by atoms with Crippen LogP contribution in [0.25, 0.3) is 11.3 Å². The number of morpholine rings is 1. The fourth-order valence-corrected chi connectivity index (χ4v) is 3.43. The Balaban J connectivity index is 1.78. The number of ether oxygens (including phenoxy) is 3. The number of aromatic nitrogens is 1. The first-order valence-corrected chi connectivity index (χ1v) is 9.26. The lowest BCUT2D eigenvalue weighted by atomic mass is 10.1. The van der Waals surface area contributed by atoms with Crippen molar-refractivity contribution in [2.75, 3.05) is 57.6 Å². The van der Waals surface area contributed by atoms with Crippen molar-refractivity contribution in [2.45, 2.75) is 0 Å². The normalized spacial score (nSPS) is 14.7. The number of rotatable bonds is 8. The number of anilines is 1. The van der Waals surface area contributed by atoms with Gasteiger partial charge in [0.15, 0.2) is 16.7 Å². The molecule has 2 aromatic rings. The Hall–Kier alpha value is -1.81. The molecule has 0 atom stereocenters. The lowest BCUT2D eigenvalue weighted by Crippen LogP contribution is -2.36. The maximum atomic E-state index is 14.3. The summed E-state index contributed by atoms with van der Waals surface area (Å²) in [7, 11) is 0. The minimum atomic E-state index is -1.03. The Morgan fingerprint density at radius 1 is 1.19 bits per heavy atom. The van der Waals surface area contributed by atoms with Gasteiger partial charge in [0, 0.05) is 30.6 Å². The highest BCUT2D eigenvalue weighted by atomic mass is 32.1.